The van der Waals surface area contributed by atoms with Crippen molar-refractivity contribution in [2.75, 3.05) is 0 Å². The highest BCUT2D eigenvalue weighted by Crippen LogP contribution is 2.28. The summed E-state index contributed by atoms with van der Waals surface area (Å²) in [5, 5.41) is 9.71. The number of aliphatic hydroxyl groups is 1. The van der Waals surface area contributed by atoms with Gasteiger partial charge in [0.05, 0.1) is 11.8 Å². The molecule has 0 aliphatic carbocycles. The molecule has 0 spiro atoms. The van der Waals surface area contributed by atoms with E-state index in [1.165, 1.54) is 0 Å². The van der Waals surface area contributed by atoms with E-state index in [4.69, 9.17) is 0 Å². The van der Waals surface area contributed by atoms with E-state index in [0.29, 0.717) is 17.7 Å². The Kier molecular flexibility index (Phi) is 2.34. The molecule has 0 fully saturated rings. The van der Waals surface area contributed by atoms with Gasteiger partial charge in [-0.3, -0.25) is 4.79 Å². The number of aromatic nitrogens is 1. The van der Waals surface area contributed by atoms with Crippen LogP contribution in [0, 0.1) is 0 Å². The molecule has 1 aliphatic rings. The first-order valence-corrected chi connectivity index (χ1v) is 5.74. The summed E-state index contributed by atoms with van der Waals surface area (Å²) >= 11 is 0. The summed E-state index contributed by atoms with van der Waals surface area (Å²) in [6.07, 6.45) is 0.276. The summed E-state index contributed by atoms with van der Waals surface area (Å²) in [6.45, 7) is 0.720. The van der Waals surface area contributed by atoms with Crippen molar-refractivity contribution < 1.29 is 9.90 Å². The number of fused-ring (bicyclic) bond motifs is 1. The van der Waals surface area contributed by atoms with Gasteiger partial charge >= 0.3 is 0 Å². The number of ketones is 1. The lowest BCUT2D eigenvalue weighted by Crippen LogP contribution is -2.08. The molecule has 0 amide bonds. The summed E-state index contributed by atoms with van der Waals surface area (Å²) in [4.78, 5) is 12.3. The van der Waals surface area contributed by atoms with Gasteiger partial charge in [-0.1, -0.05) is 30.3 Å². The van der Waals surface area contributed by atoms with Gasteiger partial charge in [-0.05, 0) is 18.6 Å². The van der Waals surface area contributed by atoms with E-state index < -0.39 is 6.10 Å². The zero-order valence-electron chi connectivity index (χ0n) is 9.34. The van der Waals surface area contributed by atoms with Crippen LogP contribution in [0.3, 0.4) is 0 Å². The second kappa shape index (κ2) is 3.86. The van der Waals surface area contributed by atoms with Gasteiger partial charge in [-0.25, -0.2) is 0 Å². The van der Waals surface area contributed by atoms with E-state index in [0.717, 1.165) is 12.2 Å². The number of carbonyl (C=O) groups is 1. The van der Waals surface area contributed by atoms with Crippen molar-refractivity contribution in [2.45, 2.75) is 19.1 Å². The van der Waals surface area contributed by atoms with Crippen molar-refractivity contribution in [1.29, 1.82) is 0 Å². The second-order valence-corrected chi connectivity index (χ2v) is 4.29. The molecule has 1 atom stereocenters. The fourth-order valence-electron chi connectivity index (χ4n) is 2.36. The molecule has 17 heavy (non-hydrogen) atoms. The number of aliphatic hydroxyl groups excluding tert-OH is 1. The standard InChI is InChI=1S/C14H13NO2/c16-13-8-9-15-11(13)6-7-12(15)14(17)10-4-2-1-3-5-10/h1-7,13,16H,8-9H2/t13-/m1/s1. The Morgan fingerprint density at radius 3 is 2.71 bits per heavy atom. The van der Waals surface area contributed by atoms with Gasteiger partial charge in [0.2, 0.25) is 5.78 Å². The Hall–Kier alpha value is -1.87. The van der Waals surface area contributed by atoms with Crippen LogP contribution in [0.4, 0.5) is 0 Å². The Labute approximate surface area is 99.3 Å². The van der Waals surface area contributed by atoms with Crippen LogP contribution in [0.2, 0.25) is 0 Å². The lowest BCUT2D eigenvalue weighted by atomic mass is 10.1. The Balaban J connectivity index is 2.01. The zero-order valence-corrected chi connectivity index (χ0v) is 9.34. The predicted molar refractivity (Wildman–Crippen MR) is 63.9 cm³/mol. The normalized spacial score (nSPS) is 18.1. The molecule has 0 radical (unpaired) electrons. The highest BCUT2D eigenvalue weighted by Gasteiger charge is 2.25. The smallest absolute Gasteiger partial charge is 0.209 e. The number of carbonyl (C=O) groups excluding carboxylic acids is 1. The molecule has 86 valence electrons. The zero-order chi connectivity index (χ0) is 11.8. The quantitative estimate of drug-likeness (QED) is 0.799. The third-order valence-electron chi connectivity index (χ3n) is 3.25. The van der Waals surface area contributed by atoms with Crippen LogP contribution >= 0.6 is 0 Å². The van der Waals surface area contributed by atoms with Crippen LogP contribution < -0.4 is 0 Å². The molecule has 2 heterocycles. The van der Waals surface area contributed by atoms with Gasteiger partial charge in [0.1, 0.15) is 0 Å². The Morgan fingerprint density at radius 2 is 1.94 bits per heavy atom. The van der Waals surface area contributed by atoms with Crippen molar-refractivity contribution >= 4 is 5.78 Å². The average Bonchev–Trinajstić information content (AvgIpc) is 2.93. The average molecular weight is 227 g/mol. The first kappa shape index (κ1) is 10.3. The first-order valence-electron chi connectivity index (χ1n) is 5.74. The third kappa shape index (κ3) is 1.59. The fourth-order valence-corrected chi connectivity index (χ4v) is 2.36. The molecule has 0 saturated heterocycles. The second-order valence-electron chi connectivity index (χ2n) is 4.29. The van der Waals surface area contributed by atoms with Crippen LogP contribution in [0.15, 0.2) is 42.5 Å². The number of hydrogen-bond acceptors (Lipinski definition) is 2. The minimum atomic E-state index is -0.424. The minimum Gasteiger partial charge on any atom is -0.387 e. The lowest BCUT2D eigenvalue weighted by molar-refractivity contribution is 0.103. The summed E-state index contributed by atoms with van der Waals surface area (Å²) < 4.78 is 1.92. The van der Waals surface area contributed by atoms with Crippen molar-refractivity contribution in [1.82, 2.24) is 4.57 Å². The maximum atomic E-state index is 12.3. The minimum absolute atomic E-state index is 0.0194. The van der Waals surface area contributed by atoms with Crippen LogP contribution in [0.25, 0.3) is 0 Å². The van der Waals surface area contributed by atoms with Gasteiger partial charge < -0.3 is 9.67 Å². The molecule has 1 aromatic carbocycles. The molecule has 0 saturated carbocycles. The molecule has 1 aliphatic heterocycles. The molecule has 3 heteroatoms. The highest BCUT2D eigenvalue weighted by atomic mass is 16.3. The molecule has 3 rings (SSSR count). The van der Waals surface area contributed by atoms with Gasteiger partial charge in [0, 0.05) is 17.8 Å². The van der Waals surface area contributed by atoms with Gasteiger partial charge in [-0.15, -0.1) is 0 Å². The predicted octanol–water partition coefficient (Wildman–Crippen LogP) is 2.16. The fraction of sp³-hybridized carbons (Fsp3) is 0.214. The number of benzene rings is 1. The van der Waals surface area contributed by atoms with E-state index in [1.807, 2.05) is 41.0 Å². The number of hydrogen-bond donors (Lipinski definition) is 1. The maximum absolute atomic E-state index is 12.3. The molecule has 1 aromatic heterocycles. The monoisotopic (exact) mass is 227 g/mol. The Morgan fingerprint density at radius 1 is 1.18 bits per heavy atom. The molecular formula is C14H13NO2. The summed E-state index contributed by atoms with van der Waals surface area (Å²) in [6, 6.07) is 12.9. The van der Waals surface area contributed by atoms with Crippen molar-refractivity contribution in [3.8, 4) is 0 Å². The van der Waals surface area contributed by atoms with E-state index in [9.17, 15) is 9.90 Å². The number of nitrogens with zero attached hydrogens (tertiary/aromatic N) is 1. The van der Waals surface area contributed by atoms with Crippen LogP contribution in [-0.2, 0) is 6.54 Å². The maximum Gasteiger partial charge on any atom is 0.209 e. The van der Waals surface area contributed by atoms with E-state index >= 15 is 0 Å². The molecule has 1 N–H and O–H groups in total. The topological polar surface area (TPSA) is 42.2 Å². The van der Waals surface area contributed by atoms with Crippen molar-refractivity contribution in [3.05, 3.63) is 59.4 Å². The molecule has 0 bridgehead atoms. The SMILES string of the molecule is O=C(c1ccccc1)c1ccc2n1CC[C@H]2O. The largest absolute Gasteiger partial charge is 0.387 e. The van der Waals surface area contributed by atoms with Crippen LogP contribution in [-0.4, -0.2) is 15.5 Å². The van der Waals surface area contributed by atoms with Crippen LogP contribution in [0.5, 0.6) is 0 Å². The van der Waals surface area contributed by atoms with Crippen LogP contribution in [0.1, 0.15) is 34.3 Å². The van der Waals surface area contributed by atoms with Crippen molar-refractivity contribution in [2.24, 2.45) is 0 Å². The van der Waals surface area contributed by atoms with Crippen molar-refractivity contribution in [3.63, 3.8) is 0 Å². The summed E-state index contributed by atoms with van der Waals surface area (Å²) in [7, 11) is 0. The van der Waals surface area contributed by atoms with E-state index in [-0.39, 0.29) is 5.78 Å². The van der Waals surface area contributed by atoms with E-state index in [1.54, 1.807) is 6.07 Å². The molecule has 2 aromatic rings. The summed E-state index contributed by atoms with van der Waals surface area (Å²) in [5.74, 6) is 0.0194. The summed E-state index contributed by atoms with van der Waals surface area (Å²) in [5.41, 5.74) is 2.21. The van der Waals surface area contributed by atoms with E-state index in [2.05, 4.69) is 0 Å². The number of rotatable bonds is 2. The van der Waals surface area contributed by atoms with Gasteiger partial charge in [0.15, 0.2) is 0 Å². The highest BCUT2D eigenvalue weighted by molar-refractivity contribution is 6.08. The van der Waals surface area contributed by atoms with Gasteiger partial charge in [0.25, 0.3) is 0 Å². The molecule has 3 nitrogen and oxygen atoms in total. The van der Waals surface area contributed by atoms with Gasteiger partial charge in [-0.2, -0.15) is 0 Å². The molecule has 0 unspecified atom stereocenters. The lowest BCUT2D eigenvalue weighted by Gasteiger charge is -2.05. The third-order valence-corrected chi connectivity index (χ3v) is 3.25. The first-order chi connectivity index (χ1) is 8.27. The molecular weight excluding hydrogens is 214 g/mol. The Bertz CT molecular complexity index is 557.